The number of nitrogens with one attached hydrogen (secondary N) is 1. The molecule has 0 aliphatic heterocycles. The van der Waals surface area contributed by atoms with Gasteiger partial charge in [0.2, 0.25) is 0 Å². The van der Waals surface area contributed by atoms with Gasteiger partial charge >= 0.3 is 0 Å². The minimum atomic E-state index is -0.237. The summed E-state index contributed by atoms with van der Waals surface area (Å²) in [6, 6.07) is 3.44. The van der Waals surface area contributed by atoms with Crippen molar-refractivity contribution in [1.29, 1.82) is 0 Å². The summed E-state index contributed by atoms with van der Waals surface area (Å²) in [5.41, 5.74) is 6.61. The summed E-state index contributed by atoms with van der Waals surface area (Å²) >= 11 is 0. The maximum Gasteiger partial charge on any atom is 0.266 e. The van der Waals surface area contributed by atoms with E-state index in [1.165, 1.54) is 6.20 Å². The predicted molar refractivity (Wildman–Crippen MR) is 52.5 cm³/mol. The quantitative estimate of drug-likeness (QED) is 0.679. The largest absolute Gasteiger partial charge is 0.384 e. The number of hydrogen-bond donors (Lipinski definition) is 2. The number of anilines is 1. The van der Waals surface area contributed by atoms with E-state index in [-0.39, 0.29) is 5.56 Å². The summed E-state index contributed by atoms with van der Waals surface area (Å²) < 4.78 is 0. The van der Waals surface area contributed by atoms with Gasteiger partial charge in [-0.25, -0.2) is 4.98 Å². The zero-order chi connectivity index (χ0) is 9.97. The number of nitrogens with two attached hydrogens (primary N) is 1. The van der Waals surface area contributed by atoms with Gasteiger partial charge in [0.15, 0.2) is 0 Å². The van der Waals surface area contributed by atoms with Crippen LogP contribution in [0.5, 0.6) is 0 Å². The Morgan fingerprint density at radius 3 is 2.71 bits per heavy atom. The highest BCUT2D eigenvalue weighted by Crippen LogP contribution is 2.13. The first kappa shape index (κ1) is 8.43. The normalized spacial score (nSPS) is 10.0. The average molecular weight is 188 g/mol. The molecule has 0 fully saturated rings. The highest BCUT2D eigenvalue weighted by Gasteiger charge is 1.98. The van der Waals surface area contributed by atoms with Crippen LogP contribution in [0.2, 0.25) is 0 Å². The molecule has 2 rings (SSSR count). The number of nitrogen functional groups attached to an aromatic ring is 1. The Bertz CT molecular complexity index is 489. The Morgan fingerprint density at radius 2 is 2.07 bits per heavy atom. The molecule has 0 atom stereocenters. The van der Waals surface area contributed by atoms with E-state index in [1.807, 2.05) is 0 Å². The number of pyridine rings is 1. The van der Waals surface area contributed by atoms with Crippen LogP contribution < -0.4 is 11.3 Å². The molecule has 5 nitrogen and oxygen atoms in total. The van der Waals surface area contributed by atoms with Crippen LogP contribution in [0.15, 0.2) is 35.5 Å². The van der Waals surface area contributed by atoms with Crippen LogP contribution in [-0.2, 0) is 0 Å². The molecule has 70 valence electrons. The first-order valence-electron chi connectivity index (χ1n) is 4.02. The number of aromatic nitrogens is 3. The van der Waals surface area contributed by atoms with Crippen molar-refractivity contribution in [3.05, 3.63) is 41.1 Å². The SMILES string of the molecule is Nc1ccc(-c2cncc(=O)[nH]2)cn1. The van der Waals surface area contributed by atoms with E-state index in [1.54, 1.807) is 24.5 Å². The van der Waals surface area contributed by atoms with Crippen molar-refractivity contribution in [2.24, 2.45) is 0 Å². The second-order valence-corrected chi connectivity index (χ2v) is 2.78. The van der Waals surface area contributed by atoms with Gasteiger partial charge in [0, 0.05) is 11.8 Å². The van der Waals surface area contributed by atoms with E-state index in [9.17, 15) is 4.79 Å². The maximum atomic E-state index is 11.0. The van der Waals surface area contributed by atoms with Crippen LogP contribution in [0.25, 0.3) is 11.3 Å². The van der Waals surface area contributed by atoms with Gasteiger partial charge in [-0.3, -0.25) is 9.78 Å². The molecular formula is C9H8N4O. The first-order chi connectivity index (χ1) is 6.75. The van der Waals surface area contributed by atoms with Crippen LogP contribution >= 0.6 is 0 Å². The zero-order valence-corrected chi connectivity index (χ0v) is 7.27. The van der Waals surface area contributed by atoms with E-state index in [0.717, 1.165) is 5.56 Å². The van der Waals surface area contributed by atoms with Crippen LogP contribution in [0.4, 0.5) is 5.82 Å². The molecule has 0 saturated heterocycles. The molecule has 0 amide bonds. The molecular weight excluding hydrogens is 180 g/mol. The third kappa shape index (κ3) is 1.61. The monoisotopic (exact) mass is 188 g/mol. The molecule has 0 aliphatic carbocycles. The second kappa shape index (κ2) is 3.29. The third-order valence-electron chi connectivity index (χ3n) is 1.75. The lowest BCUT2D eigenvalue weighted by atomic mass is 10.2. The van der Waals surface area contributed by atoms with Crippen molar-refractivity contribution in [2.75, 3.05) is 5.73 Å². The minimum Gasteiger partial charge on any atom is -0.384 e. The van der Waals surface area contributed by atoms with E-state index in [2.05, 4.69) is 15.0 Å². The molecule has 3 N–H and O–H groups in total. The molecule has 2 aromatic heterocycles. The Kier molecular flexibility index (Phi) is 1.98. The second-order valence-electron chi connectivity index (χ2n) is 2.78. The highest BCUT2D eigenvalue weighted by atomic mass is 16.1. The van der Waals surface area contributed by atoms with Gasteiger partial charge in [-0.2, -0.15) is 0 Å². The first-order valence-corrected chi connectivity index (χ1v) is 4.02. The average Bonchev–Trinajstić information content (AvgIpc) is 2.19. The number of rotatable bonds is 1. The Morgan fingerprint density at radius 1 is 1.21 bits per heavy atom. The number of nitrogens with zero attached hydrogens (tertiary/aromatic N) is 2. The van der Waals surface area contributed by atoms with Gasteiger partial charge < -0.3 is 10.7 Å². The van der Waals surface area contributed by atoms with E-state index in [0.29, 0.717) is 11.5 Å². The molecule has 2 aromatic rings. The van der Waals surface area contributed by atoms with E-state index >= 15 is 0 Å². The summed E-state index contributed by atoms with van der Waals surface area (Å²) in [4.78, 5) is 21.3. The standard InChI is InChI=1S/C9H8N4O/c10-8-2-1-6(3-12-8)7-4-11-5-9(14)13-7/h1-5H,(H2,10,12)(H,13,14). The van der Waals surface area contributed by atoms with Crippen molar-refractivity contribution in [3.63, 3.8) is 0 Å². The van der Waals surface area contributed by atoms with E-state index < -0.39 is 0 Å². The Labute approximate surface area is 79.6 Å². The molecule has 0 bridgehead atoms. The van der Waals surface area contributed by atoms with Crippen LogP contribution in [-0.4, -0.2) is 15.0 Å². The smallest absolute Gasteiger partial charge is 0.266 e. The minimum absolute atomic E-state index is 0.237. The van der Waals surface area contributed by atoms with Gasteiger partial charge in [0.05, 0.1) is 18.1 Å². The fraction of sp³-hybridized carbons (Fsp3) is 0. The Balaban J connectivity index is 2.50. The van der Waals surface area contributed by atoms with Crippen LogP contribution in [0.3, 0.4) is 0 Å². The molecule has 0 radical (unpaired) electrons. The summed E-state index contributed by atoms with van der Waals surface area (Å²) in [7, 11) is 0. The summed E-state index contributed by atoms with van der Waals surface area (Å²) in [5.74, 6) is 0.444. The lowest BCUT2D eigenvalue weighted by Gasteiger charge is -1.99. The lowest BCUT2D eigenvalue weighted by Crippen LogP contribution is -2.05. The fourth-order valence-corrected chi connectivity index (χ4v) is 1.09. The van der Waals surface area contributed by atoms with Crippen molar-refractivity contribution >= 4 is 5.82 Å². The molecule has 14 heavy (non-hydrogen) atoms. The summed E-state index contributed by atoms with van der Waals surface area (Å²) in [6.45, 7) is 0. The van der Waals surface area contributed by atoms with Gasteiger partial charge in [-0.1, -0.05) is 0 Å². The third-order valence-corrected chi connectivity index (χ3v) is 1.75. The van der Waals surface area contributed by atoms with Gasteiger partial charge in [0.25, 0.3) is 5.56 Å². The fourth-order valence-electron chi connectivity index (χ4n) is 1.09. The molecule has 0 saturated carbocycles. The zero-order valence-electron chi connectivity index (χ0n) is 7.27. The lowest BCUT2D eigenvalue weighted by molar-refractivity contribution is 1.14. The topological polar surface area (TPSA) is 84.7 Å². The molecule has 0 unspecified atom stereocenters. The van der Waals surface area contributed by atoms with Crippen molar-refractivity contribution in [1.82, 2.24) is 15.0 Å². The number of aromatic amines is 1. The van der Waals surface area contributed by atoms with Crippen molar-refractivity contribution < 1.29 is 0 Å². The van der Waals surface area contributed by atoms with Crippen molar-refractivity contribution in [3.8, 4) is 11.3 Å². The Hall–Kier alpha value is -2.17. The number of H-pyrrole nitrogens is 1. The maximum absolute atomic E-state index is 11.0. The molecule has 0 aromatic carbocycles. The molecule has 5 heteroatoms. The highest BCUT2D eigenvalue weighted by molar-refractivity contribution is 5.57. The molecule has 0 spiro atoms. The summed E-state index contributed by atoms with van der Waals surface area (Å²) in [6.07, 6.45) is 4.37. The van der Waals surface area contributed by atoms with Gasteiger partial charge in [-0.15, -0.1) is 0 Å². The van der Waals surface area contributed by atoms with Gasteiger partial charge in [0.1, 0.15) is 5.82 Å². The van der Waals surface area contributed by atoms with Gasteiger partial charge in [-0.05, 0) is 12.1 Å². The van der Waals surface area contributed by atoms with Crippen LogP contribution in [0, 0.1) is 0 Å². The predicted octanol–water partition coefficient (Wildman–Crippen LogP) is 0.414. The summed E-state index contributed by atoms with van der Waals surface area (Å²) in [5, 5.41) is 0. The molecule has 0 aliphatic rings. The number of hydrogen-bond acceptors (Lipinski definition) is 4. The van der Waals surface area contributed by atoms with Crippen LogP contribution in [0.1, 0.15) is 0 Å². The van der Waals surface area contributed by atoms with E-state index in [4.69, 9.17) is 5.73 Å². The van der Waals surface area contributed by atoms with Crippen molar-refractivity contribution in [2.45, 2.75) is 0 Å². The molecule has 2 heterocycles.